The summed E-state index contributed by atoms with van der Waals surface area (Å²) in [6.45, 7) is 9.96. The molecule has 3 heterocycles. The fourth-order valence-corrected chi connectivity index (χ4v) is 3.99. The maximum atomic E-state index is 12.5. The molecule has 1 aliphatic heterocycles. The molecule has 1 amide bonds. The zero-order chi connectivity index (χ0) is 19.6. The van der Waals surface area contributed by atoms with Crippen molar-refractivity contribution in [3.8, 4) is 5.88 Å². The molecule has 1 aliphatic rings. The molecule has 2 aromatic rings. The lowest BCUT2D eigenvalue weighted by Gasteiger charge is -2.34. The van der Waals surface area contributed by atoms with Crippen molar-refractivity contribution in [3.05, 3.63) is 39.8 Å². The monoisotopic (exact) mass is 372 g/mol. The molecule has 0 aromatic carbocycles. The molecule has 0 bridgehead atoms. The Bertz CT molecular complexity index is 883. The summed E-state index contributed by atoms with van der Waals surface area (Å²) in [6, 6.07) is 3.44. The van der Waals surface area contributed by atoms with Crippen LogP contribution in [0.15, 0.2) is 23.1 Å². The second-order valence-corrected chi connectivity index (χ2v) is 7.86. The van der Waals surface area contributed by atoms with Crippen LogP contribution < -0.4 is 10.9 Å². The molecule has 1 saturated heterocycles. The minimum atomic E-state index is -0.583. The molecule has 2 aromatic heterocycles. The van der Waals surface area contributed by atoms with Gasteiger partial charge in [-0.3, -0.25) is 14.0 Å². The Morgan fingerprint density at radius 1 is 1.33 bits per heavy atom. The van der Waals surface area contributed by atoms with Gasteiger partial charge in [0, 0.05) is 25.8 Å². The third kappa shape index (κ3) is 4.47. The number of aryl methyl sites for hydroxylation is 1. The number of hydrogen-bond acceptors (Lipinski definition) is 5. The summed E-state index contributed by atoms with van der Waals surface area (Å²) in [5.41, 5.74) is 0.368. The number of piperidine rings is 1. The number of aromatic nitrogens is 2. The predicted molar refractivity (Wildman–Crippen MR) is 104 cm³/mol. The molecule has 2 atom stereocenters. The molecule has 2 unspecified atom stereocenters. The molecule has 3 rings (SSSR count). The lowest BCUT2D eigenvalue weighted by Crippen LogP contribution is -2.40. The summed E-state index contributed by atoms with van der Waals surface area (Å²) >= 11 is 0. The first kappa shape index (κ1) is 19.4. The summed E-state index contributed by atoms with van der Waals surface area (Å²) in [6.07, 6.45) is 3.63. The Hall–Kier alpha value is -2.41. The first-order valence-corrected chi connectivity index (χ1v) is 9.57. The van der Waals surface area contributed by atoms with Gasteiger partial charge >= 0.3 is 0 Å². The minimum absolute atomic E-state index is 0.309. The van der Waals surface area contributed by atoms with Crippen molar-refractivity contribution in [1.29, 1.82) is 0 Å². The van der Waals surface area contributed by atoms with Gasteiger partial charge in [-0.15, -0.1) is 0 Å². The number of likely N-dealkylation sites (tertiary alicyclic amines) is 1. The molecular weight excluding hydrogens is 344 g/mol. The predicted octanol–water partition coefficient (Wildman–Crippen LogP) is 1.81. The molecule has 0 aliphatic carbocycles. The molecule has 1 fully saturated rings. The van der Waals surface area contributed by atoms with Crippen LogP contribution in [0.2, 0.25) is 0 Å². The van der Waals surface area contributed by atoms with E-state index in [1.54, 1.807) is 18.3 Å². The number of rotatable bonds is 5. The third-order valence-electron chi connectivity index (χ3n) is 5.08. The topological polar surface area (TPSA) is 86.9 Å². The van der Waals surface area contributed by atoms with Crippen molar-refractivity contribution in [2.75, 3.05) is 26.2 Å². The van der Waals surface area contributed by atoms with Crippen LogP contribution in [-0.2, 0) is 0 Å². The second kappa shape index (κ2) is 8.08. The largest absolute Gasteiger partial charge is 0.493 e. The van der Waals surface area contributed by atoms with Gasteiger partial charge in [0.15, 0.2) is 5.56 Å². The first-order chi connectivity index (χ1) is 12.8. The van der Waals surface area contributed by atoms with Crippen molar-refractivity contribution < 1.29 is 9.90 Å². The van der Waals surface area contributed by atoms with E-state index in [0.717, 1.165) is 31.6 Å². The molecule has 2 N–H and O–H groups in total. The Morgan fingerprint density at radius 2 is 2.04 bits per heavy atom. The van der Waals surface area contributed by atoms with E-state index in [1.807, 2.05) is 6.92 Å². The van der Waals surface area contributed by atoms with Crippen LogP contribution in [0.1, 0.15) is 42.6 Å². The average Bonchev–Trinajstić information content (AvgIpc) is 2.57. The highest BCUT2D eigenvalue weighted by Gasteiger charge is 2.22. The number of aromatic hydroxyl groups is 1. The first-order valence-electron chi connectivity index (χ1n) is 9.57. The Labute approximate surface area is 159 Å². The van der Waals surface area contributed by atoms with Crippen LogP contribution in [0, 0.1) is 18.8 Å². The van der Waals surface area contributed by atoms with E-state index >= 15 is 0 Å². The van der Waals surface area contributed by atoms with Gasteiger partial charge in [0.25, 0.3) is 11.5 Å². The Morgan fingerprint density at radius 3 is 2.74 bits per heavy atom. The van der Waals surface area contributed by atoms with Crippen LogP contribution in [0.25, 0.3) is 5.65 Å². The van der Waals surface area contributed by atoms with Crippen LogP contribution >= 0.6 is 0 Å². The maximum absolute atomic E-state index is 12.5. The van der Waals surface area contributed by atoms with E-state index in [-0.39, 0.29) is 5.56 Å². The molecule has 0 saturated carbocycles. The number of nitrogens with zero attached hydrogens (tertiary/aromatic N) is 3. The molecule has 0 spiro atoms. The van der Waals surface area contributed by atoms with Gasteiger partial charge in [0.05, 0.1) is 0 Å². The summed E-state index contributed by atoms with van der Waals surface area (Å²) in [4.78, 5) is 31.4. The molecule has 7 heteroatoms. The number of hydrogen-bond donors (Lipinski definition) is 2. The average molecular weight is 372 g/mol. The molecular formula is C20H28N4O3. The van der Waals surface area contributed by atoms with Crippen molar-refractivity contribution in [3.63, 3.8) is 0 Å². The number of fused-ring (bicyclic) bond motifs is 1. The fourth-order valence-electron chi connectivity index (χ4n) is 3.99. The van der Waals surface area contributed by atoms with Crippen LogP contribution in [0.5, 0.6) is 5.88 Å². The maximum Gasteiger partial charge on any atom is 0.274 e. The van der Waals surface area contributed by atoms with Crippen molar-refractivity contribution in [2.45, 2.75) is 33.6 Å². The zero-order valence-electron chi connectivity index (χ0n) is 16.2. The van der Waals surface area contributed by atoms with Crippen molar-refractivity contribution in [2.24, 2.45) is 11.8 Å². The van der Waals surface area contributed by atoms with Crippen molar-refractivity contribution in [1.82, 2.24) is 19.6 Å². The van der Waals surface area contributed by atoms with Crippen LogP contribution in [0.4, 0.5) is 0 Å². The van der Waals surface area contributed by atoms with Gasteiger partial charge in [-0.05, 0) is 55.8 Å². The zero-order valence-corrected chi connectivity index (χ0v) is 16.2. The molecule has 7 nitrogen and oxygen atoms in total. The van der Waals surface area contributed by atoms with E-state index in [4.69, 9.17) is 0 Å². The van der Waals surface area contributed by atoms with Gasteiger partial charge in [-0.2, -0.15) is 4.98 Å². The SMILES string of the molecule is Cc1ccn2c(=O)c(C(=O)NCCCN3CC(C)CC(C)C3)c(O)nc2c1. The normalized spacial score (nSPS) is 20.7. The van der Waals surface area contributed by atoms with E-state index in [2.05, 4.69) is 29.0 Å². The smallest absolute Gasteiger partial charge is 0.274 e. The lowest BCUT2D eigenvalue weighted by atomic mass is 9.92. The van der Waals surface area contributed by atoms with Gasteiger partial charge < -0.3 is 15.3 Å². The fraction of sp³-hybridized carbons (Fsp3) is 0.550. The van der Waals surface area contributed by atoms with E-state index in [9.17, 15) is 14.7 Å². The quantitative estimate of drug-likeness (QED) is 0.782. The summed E-state index contributed by atoms with van der Waals surface area (Å²) in [5, 5.41) is 12.8. The Balaban J connectivity index is 1.61. The van der Waals surface area contributed by atoms with Gasteiger partial charge in [-0.1, -0.05) is 13.8 Å². The number of pyridine rings is 1. The van der Waals surface area contributed by atoms with Crippen LogP contribution in [0.3, 0.4) is 0 Å². The molecule has 27 heavy (non-hydrogen) atoms. The molecule has 0 radical (unpaired) electrons. The van der Waals surface area contributed by atoms with Gasteiger partial charge in [0.1, 0.15) is 5.65 Å². The standard InChI is InChI=1S/C20H28N4O3/c1-13-5-8-24-16(10-13)22-19(26)17(20(24)27)18(25)21-6-4-7-23-11-14(2)9-15(3)12-23/h5,8,10,14-15,26H,4,6-7,9,11-12H2,1-3H3,(H,21,25). The summed E-state index contributed by atoms with van der Waals surface area (Å²) in [7, 11) is 0. The third-order valence-corrected chi connectivity index (χ3v) is 5.08. The highest BCUT2D eigenvalue weighted by atomic mass is 16.3. The number of carbonyl (C=O) groups excluding carboxylic acids is 1. The van der Waals surface area contributed by atoms with E-state index in [0.29, 0.717) is 24.0 Å². The van der Waals surface area contributed by atoms with Crippen LogP contribution in [-0.4, -0.2) is 51.5 Å². The summed E-state index contributed by atoms with van der Waals surface area (Å²) in [5.74, 6) is 0.294. The van der Waals surface area contributed by atoms with Crippen molar-refractivity contribution >= 4 is 11.6 Å². The van der Waals surface area contributed by atoms with Gasteiger partial charge in [0.2, 0.25) is 5.88 Å². The van der Waals surface area contributed by atoms with E-state index < -0.39 is 17.3 Å². The lowest BCUT2D eigenvalue weighted by molar-refractivity contribution is 0.0942. The second-order valence-electron chi connectivity index (χ2n) is 7.86. The Kier molecular flexibility index (Phi) is 5.79. The van der Waals surface area contributed by atoms with Gasteiger partial charge in [-0.25, -0.2) is 0 Å². The highest BCUT2D eigenvalue weighted by molar-refractivity contribution is 5.96. The minimum Gasteiger partial charge on any atom is -0.493 e. The number of carbonyl (C=O) groups is 1. The number of nitrogens with one attached hydrogen (secondary N) is 1. The van der Waals surface area contributed by atoms with E-state index in [1.165, 1.54) is 10.8 Å². The highest BCUT2D eigenvalue weighted by Crippen LogP contribution is 2.20. The number of amides is 1. The summed E-state index contributed by atoms with van der Waals surface area (Å²) < 4.78 is 1.28. The molecule has 146 valence electrons.